The van der Waals surface area contributed by atoms with Crippen LogP contribution in [0.3, 0.4) is 0 Å². The summed E-state index contributed by atoms with van der Waals surface area (Å²) < 4.78 is 5.98. The third-order valence-corrected chi connectivity index (χ3v) is 3.70. The van der Waals surface area contributed by atoms with Gasteiger partial charge in [0, 0.05) is 24.8 Å². The first kappa shape index (κ1) is 13.5. The van der Waals surface area contributed by atoms with Crippen LogP contribution in [0.4, 0.5) is 11.4 Å². The van der Waals surface area contributed by atoms with Gasteiger partial charge in [-0.25, -0.2) is 0 Å². The Balaban J connectivity index is 2.18. The van der Waals surface area contributed by atoms with Crippen molar-refractivity contribution in [2.75, 3.05) is 31.2 Å². The molecule has 0 aromatic heterocycles. The van der Waals surface area contributed by atoms with Crippen LogP contribution < -0.4 is 4.90 Å². The summed E-state index contributed by atoms with van der Waals surface area (Å²) in [6.07, 6.45) is -0.188. The van der Waals surface area contributed by atoms with E-state index in [1.165, 1.54) is 6.07 Å². The van der Waals surface area contributed by atoms with Crippen LogP contribution in [-0.4, -0.2) is 42.4 Å². The van der Waals surface area contributed by atoms with Crippen molar-refractivity contribution >= 4 is 34.0 Å². The van der Waals surface area contributed by atoms with Gasteiger partial charge in [0.15, 0.2) is 0 Å². The monoisotopic (exact) mass is 364 g/mol. The zero-order valence-electron chi connectivity index (χ0n) is 9.58. The minimum absolute atomic E-state index is 0.0133. The lowest BCUT2D eigenvalue weighted by molar-refractivity contribution is -0.385. The number of hydrogen-bond acceptors (Lipinski definition) is 5. The van der Waals surface area contributed by atoms with Crippen molar-refractivity contribution in [3.05, 3.63) is 31.9 Å². The molecule has 1 unspecified atom stereocenters. The van der Waals surface area contributed by atoms with Crippen LogP contribution in [0.1, 0.15) is 0 Å². The van der Waals surface area contributed by atoms with Gasteiger partial charge in [0.2, 0.25) is 0 Å². The predicted octanol–water partition coefficient (Wildman–Crippen LogP) is 1.40. The second kappa shape index (κ2) is 5.81. The number of halogens is 1. The first-order valence-corrected chi connectivity index (χ1v) is 6.61. The maximum Gasteiger partial charge on any atom is 0.282 e. The smallest absolute Gasteiger partial charge is 0.282 e. The van der Waals surface area contributed by atoms with Crippen molar-refractivity contribution in [1.82, 2.24) is 0 Å². The molecule has 1 aliphatic heterocycles. The zero-order chi connectivity index (χ0) is 13.1. The Morgan fingerprint density at radius 3 is 3.00 bits per heavy atom. The number of aliphatic hydroxyl groups excluding tert-OH is 1. The molecule has 1 aromatic carbocycles. The summed E-state index contributed by atoms with van der Waals surface area (Å²) in [6, 6.07) is 5.04. The topological polar surface area (TPSA) is 75.8 Å². The van der Waals surface area contributed by atoms with Crippen LogP contribution in [0.2, 0.25) is 0 Å². The largest absolute Gasteiger partial charge is 0.394 e. The molecule has 1 aromatic rings. The van der Waals surface area contributed by atoms with Crippen molar-refractivity contribution in [1.29, 1.82) is 0 Å². The number of nitro benzene ring substituents is 1. The molecular formula is C11H13IN2O4. The summed E-state index contributed by atoms with van der Waals surface area (Å²) in [5.74, 6) is 0. The Morgan fingerprint density at radius 1 is 1.61 bits per heavy atom. The number of anilines is 1. The Bertz CT molecular complexity index is 455. The maximum absolute atomic E-state index is 10.7. The minimum Gasteiger partial charge on any atom is -0.394 e. The molecule has 98 valence electrons. The van der Waals surface area contributed by atoms with E-state index >= 15 is 0 Å². The normalized spacial score (nSPS) is 19.9. The molecule has 1 atom stereocenters. The van der Waals surface area contributed by atoms with Crippen LogP contribution in [-0.2, 0) is 4.74 Å². The summed E-state index contributed by atoms with van der Waals surface area (Å²) in [5.41, 5.74) is 1.04. The van der Waals surface area contributed by atoms with Gasteiger partial charge < -0.3 is 14.7 Å². The van der Waals surface area contributed by atoms with Crippen LogP contribution in [0.15, 0.2) is 18.2 Å². The molecule has 1 saturated heterocycles. The number of ether oxygens (including phenoxy) is 1. The number of hydrogen-bond donors (Lipinski definition) is 1. The summed E-state index contributed by atoms with van der Waals surface area (Å²) >= 11 is 1.96. The lowest BCUT2D eigenvalue weighted by Gasteiger charge is -2.33. The Kier molecular flexibility index (Phi) is 4.36. The van der Waals surface area contributed by atoms with E-state index in [0.717, 1.165) is 12.2 Å². The average Bonchev–Trinajstić information content (AvgIpc) is 2.38. The standard InChI is InChI=1S/C11H13IN2O4/c12-10-5-8(1-2-11(10)14(16)17)13-3-4-18-9(6-13)7-15/h1-2,5,9,15H,3-4,6-7H2. The quantitative estimate of drug-likeness (QED) is 0.499. The molecule has 0 saturated carbocycles. The summed E-state index contributed by atoms with van der Waals surface area (Å²) in [7, 11) is 0. The number of aliphatic hydroxyl groups is 1. The highest BCUT2D eigenvalue weighted by Gasteiger charge is 2.21. The van der Waals surface area contributed by atoms with E-state index in [1.54, 1.807) is 12.1 Å². The van der Waals surface area contributed by atoms with E-state index in [2.05, 4.69) is 4.90 Å². The van der Waals surface area contributed by atoms with Crippen LogP contribution in [0.5, 0.6) is 0 Å². The highest BCUT2D eigenvalue weighted by molar-refractivity contribution is 14.1. The first-order chi connectivity index (χ1) is 8.61. The number of morpholine rings is 1. The fraction of sp³-hybridized carbons (Fsp3) is 0.455. The Labute approximate surface area is 118 Å². The van der Waals surface area contributed by atoms with E-state index in [9.17, 15) is 10.1 Å². The van der Waals surface area contributed by atoms with Crippen LogP contribution in [0.25, 0.3) is 0 Å². The van der Waals surface area contributed by atoms with Gasteiger partial charge in [0.25, 0.3) is 5.69 Å². The first-order valence-electron chi connectivity index (χ1n) is 5.53. The molecule has 6 nitrogen and oxygen atoms in total. The van der Waals surface area contributed by atoms with Crippen molar-refractivity contribution in [3.63, 3.8) is 0 Å². The van der Waals surface area contributed by atoms with Crippen molar-refractivity contribution in [2.45, 2.75) is 6.10 Å². The van der Waals surface area contributed by atoms with E-state index in [0.29, 0.717) is 16.7 Å². The fourth-order valence-corrected chi connectivity index (χ4v) is 2.60. The van der Waals surface area contributed by atoms with E-state index < -0.39 is 0 Å². The van der Waals surface area contributed by atoms with Crippen LogP contribution in [0, 0.1) is 13.7 Å². The SMILES string of the molecule is O=[N+]([O-])c1ccc(N2CCOC(CO)C2)cc1I. The molecule has 0 amide bonds. The highest BCUT2D eigenvalue weighted by atomic mass is 127. The number of benzene rings is 1. The minimum atomic E-state index is -0.388. The number of nitrogens with zero attached hydrogens (tertiary/aromatic N) is 2. The molecule has 0 bridgehead atoms. The van der Waals surface area contributed by atoms with Crippen molar-refractivity contribution in [3.8, 4) is 0 Å². The van der Waals surface area contributed by atoms with Gasteiger partial charge in [-0.2, -0.15) is 0 Å². The van der Waals surface area contributed by atoms with E-state index in [4.69, 9.17) is 9.84 Å². The fourth-order valence-electron chi connectivity index (χ4n) is 1.90. The van der Waals surface area contributed by atoms with Gasteiger partial charge >= 0.3 is 0 Å². The molecular weight excluding hydrogens is 351 g/mol. The van der Waals surface area contributed by atoms with Crippen LogP contribution >= 0.6 is 22.6 Å². The van der Waals surface area contributed by atoms with Gasteiger partial charge in [0.05, 0.1) is 27.8 Å². The molecule has 1 fully saturated rings. The zero-order valence-corrected chi connectivity index (χ0v) is 11.7. The van der Waals surface area contributed by atoms with Gasteiger partial charge in [-0.1, -0.05) is 0 Å². The lowest BCUT2D eigenvalue weighted by atomic mass is 10.2. The summed E-state index contributed by atoms with van der Waals surface area (Å²) in [5, 5.41) is 19.8. The third kappa shape index (κ3) is 2.90. The van der Waals surface area contributed by atoms with Crippen molar-refractivity contribution < 1.29 is 14.8 Å². The van der Waals surface area contributed by atoms with E-state index in [1.807, 2.05) is 22.6 Å². The molecule has 1 N–H and O–H groups in total. The molecule has 7 heteroatoms. The highest BCUT2D eigenvalue weighted by Crippen LogP contribution is 2.27. The molecule has 18 heavy (non-hydrogen) atoms. The van der Waals surface area contributed by atoms with E-state index in [-0.39, 0.29) is 23.3 Å². The second-order valence-electron chi connectivity index (χ2n) is 4.01. The molecule has 1 aliphatic rings. The van der Waals surface area contributed by atoms with Gasteiger partial charge in [-0.3, -0.25) is 10.1 Å². The number of rotatable bonds is 3. The molecule has 2 rings (SSSR count). The maximum atomic E-state index is 10.7. The Hall–Kier alpha value is -0.930. The third-order valence-electron chi connectivity index (χ3n) is 2.84. The van der Waals surface area contributed by atoms with Gasteiger partial charge in [-0.05, 0) is 34.7 Å². The van der Waals surface area contributed by atoms with Gasteiger partial charge in [0.1, 0.15) is 0 Å². The molecule has 0 aliphatic carbocycles. The molecule has 1 heterocycles. The average molecular weight is 364 g/mol. The van der Waals surface area contributed by atoms with Crippen molar-refractivity contribution in [2.24, 2.45) is 0 Å². The predicted molar refractivity (Wildman–Crippen MR) is 74.9 cm³/mol. The molecule has 0 spiro atoms. The second-order valence-corrected chi connectivity index (χ2v) is 5.18. The number of nitro groups is 1. The van der Waals surface area contributed by atoms with Gasteiger partial charge in [-0.15, -0.1) is 0 Å². The Morgan fingerprint density at radius 2 is 2.39 bits per heavy atom. The summed E-state index contributed by atoms with van der Waals surface area (Å²) in [6.45, 7) is 1.87. The summed E-state index contributed by atoms with van der Waals surface area (Å²) in [4.78, 5) is 12.4. The molecule has 0 radical (unpaired) electrons. The lowest BCUT2D eigenvalue weighted by Crippen LogP contribution is -2.44.